The molecule has 0 unspecified atom stereocenters. The Hall–Kier alpha value is -1.49. The fourth-order valence-corrected chi connectivity index (χ4v) is 3.34. The number of rotatable bonds is 3. The molecule has 0 aromatic rings. The Bertz CT molecular complexity index is 490. The highest BCUT2D eigenvalue weighted by Crippen LogP contribution is 2.35. The van der Waals surface area contributed by atoms with Crippen molar-refractivity contribution < 1.29 is 4.79 Å². The van der Waals surface area contributed by atoms with Gasteiger partial charge < -0.3 is 15.5 Å². The molecular formula is C15H23ClN4O. The molecule has 1 saturated carbocycles. The summed E-state index contributed by atoms with van der Waals surface area (Å²) in [6, 6.07) is 0.251. The first-order valence-corrected chi connectivity index (χ1v) is 7.79. The molecule has 1 saturated heterocycles. The Balaban J connectivity index is 2.37. The number of amides is 1. The molecule has 2 aliphatic rings. The third-order valence-corrected chi connectivity index (χ3v) is 4.43. The van der Waals surface area contributed by atoms with Crippen LogP contribution in [-0.4, -0.2) is 40.1 Å². The summed E-state index contributed by atoms with van der Waals surface area (Å²) in [6.07, 6.45) is 6.94. The number of carbonyl (C=O) groups excluding carboxylic acids is 1. The molecule has 1 amide bonds. The van der Waals surface area contributed by atoms with E-state index in [2.05, 4.69) is 16.5 Å². The summed E-state index contributed by atoms with van der Waals surface area (Å²) in [5.74, 6) is 0.0754. The fraction of sp³-hybridized carbons (Fsp3) is 0.600. The molecule has 116 valence electrons. The van der Waals surface area contributed by atoms with Gasteiger partial charge in [0.1, 0.15) is 6.04 Å². The van der Waals surface area contributed by atoms with Crippen molar-refractivity contribution in [2.24, 2.45) is 10.7 Å². The summed E-state index contributed by atoms with van der Waals surface area (Å²) in [5, 5.41) is -0.0545. The maximum Gasteiger partial charge on any atom is 0.249 e. The summed E-state index contributed by atoms with van der Waals surface area (Å²) in [5.41, 5.74) is 6.87. The number of nitrogens with zero attached hydrogens (tertiary/aromatic N) is 3. The van der Waals surface area contributed by atoms with Crippen LogP contribution >= 0.6 is 11.6 Å². The van der Waals surface area contributed by atoms with Crippen molar-refractivity contribution >= 4 is 22.8 Å². The van der Waals surface area contributed by atoms with Gasteiger partial charge in [-0.15, -0.1) is 0 Å². The minimum atomic E-state index is -0.139. The quantitative estimate of drug-likeness (QED) is 0.494. The molecule has 2 N–H and O–H groups in total. The van der Waals surface area contributed by atoms with Crippen LogP contribution in [0.25, 0.3) is 0 Å². The van der Waals surface area contributed by atoms with Gasteiger partial charge in [0.25, 0.3) is 0 Å². The maximum absolute atomic E-state index is 12.6. The Kier molecular flexibility index (Phi) is 4.93. The first-order chi connectivity index (χ1) is 9.97. The predicted octanol–water partition coefficient (Wildman–Crippen LogP) is 2.39. The average Bonchev–Trinajstić information content (AvgIpc) is 2.95. The molecular weight excluding hydrogens is 288 g/mol. The molecule has 5 nitrogen and oxygen atoms in total. The number of piperazine rings is 1. The second-order valence-electron chi connectivity index (χ2n) is 5.58. The number of hydrogen-bond donors (Lipinski definition) is 1. The first kappa shape index (κ1) is 15.9. The molecule has 0 bridgehead atoms. The van der Waals surface area contributed by atoms with E-state index in [1.165, 1.54) is 19.0 Å². The highest BCUT2D eigenvalue weighted by atomic mass is 35.5. The van der Waals surface area contributed by atoms with Gasteiger partial charge in [0.05, 0.1) is 17.6 Å². The van der Waals surface area contributed by atoms with E-state index in [0.29, 0.717) is 11.7 Å². The van der Waals surface area contributed by atoms with Gasteiger partial charge in [-0.25, -0.2) is 4.99 Å². The molecule has 6 heteroatoms. The predicted molar refractivity (Wildman–Crippen MR) is 85.6 cm³/mol. The highest BCUT2D eigenvalue weighted by Gasteiger charge is 2.40. The molecule has 0 aromatic heterocycles. The van der Waals surface area contributed by atoms with Crippen LogP contribution in [-0.2, 0) is 4.79 Å². The van der Waals surface area contributed by atoms with E-state index in [1.54, 1.807) is 11.9 Å². The molecule has 1 aliphatic carbocycles. The van der Waals surface area contributed by atoms with E-state index in [4.69, 9.17) is 17.3 Å². The number of likely N-dealkylation sites (N-methyl/N-ethyl adjacent to an activating group) is 1. The standard InChI is InChI=1S/C15H23ClN4O/c1-4-12-14(21)19(3)13(9-18-15(16)17)10(2)20(12)11-7-5-6-8-11/h9,11-12H,2,4-8H2,1,3H3,(H2,17,18)/b13-9+/t12-/m1/s1. The normalized spacial score (nSPS) is 27.1. The molecule has 1 heterocycles. The Morgan fingerprint density at radius 1 is 1.52 bits per heavy atom. The zero-order valence-electron chi connectivity index (χ0n) is 12.7. The topological polar surface area (TPSA) is 61.9 Å². The van der Waals surface area contributed by atoms with Gasteiger partial charge in [-0.2, -0.15) is 0 Å². The lowest BCUT2D eigenvalue weighted by molar-refractivity contribution is -0.136. The lowest BCUT2D eigenvalue weighted by atomic mass is 10.0. The van der Waals surface area contributed by atoms with Crippen molar-refractivity contribution in [3.05, 3.63) is 24.2 Å². The van der Waals surface area contributed by atoms with Crippen molar-refractivity contribution in [1.29, 1.82) is 0 Å². The molecule has 0 radical (unpaired) electrons. The summed E-state index contributed by atoms with van der Waals surface area (Å²) in [7, 11) is 1.74. The summed E-state index contributed by atoms with van der Waals surface area (Å²) < 4.78 is 0. The summed E-state index contributed by atoms with van der Waals surface area (Å²) >= 11 is 5.58. The van der Waals surface area contributed by atoms with E-state index < -0.39 is 0 Å². The van der Waals surface area contributed by atoms with Crippen LogP contribution < -0.4 is 5.73 Å². The van der Waals surface area contributed by atoms with Gasteiger partial charge in [-0.05, 0) is 30.9 Å². The third-order valence-electron chi connectivity index (χ3n) is 4.34. The number of nitrogens with two attached hydrogens (primary N) is 1. The number of halogens is 1. The largest absolute Gasteiger partial charge is 0.374 e. The number of hydrogen-bond acceptors (Lipinski definition) is 3. The van der Waals surface area contributed by atoms with Crippen LogP contribution in [0.15, 0.2) is 29.2 Å². The van der Waals surface area contributed by atoms with Crippen LogP contribution in [0.5, 0.6) is 0 Å². The van der Waals surface area contributed by atoms with Crippen molar-refractivity contribution in [1.82, 2.24) is 9.80 Å². The Morgan fingerprint density at radius 2 is 2.14 bits per heavy atom. The Labute approximate surface area is 131 Å². The highest BCUT2D eigenvalue weighted by molar-refractivity contribution is 6.64. The SMILES string of the molecule is C=C1/C(=C\N=C(/N)Cl)N(C)C(=O)[C@@H](CC)N1C1CCCC1. The van der Waals surface area contributed by atoms with Gasteiger partial charge in [0.15, 0.2) is 5.29 Å². The van der Waals surface area contributed by atoms with Crippen LogP contribution in [0.4, 0.5) is 0 Å². The van der Waals surface area contributed by atoms with E-state index in [9.17, 15) is 4.79 Å². The molecule has 0 spiro atoms. The first-order valence-electron chi connectivity index (χ1n) is 7.41. The van der Waals surface area contributed by atoms with E-state index in [0.717, 1.165) is 25.0 Å². The van der Waals surface area contributed by atoms with E-state index in [-0.39, 0.29) is 17.2 Å². The molecule has 2 rings (SSSR count). The van der Waals surface area contributed by atoms with Gasteiger partial charge in [-0.3, -0.25) is 4.79 Å². The van der Waals surface area contributed by atoms with Gasteiger partial charge in [-0.1, -0.05) is 26.3 Å². The second kappa shape index (κ2) is 6.52. The molecule has 1 atom stereocenters. The van der Waals surface area contributed by atoms with Crippen LogP contribution in [0.2, 0.25) is 0 Å². The Morgan fingerprint density at radius 3 is 2.67 bits per heavy atom. The van der Waals surface area contributed by atoms with E-state index >= 15 is 0 Å². The van der Waals surface area contributed by atoms with Gasteiger partial charge in [0, 0.05) is 13.1 Å². The van der Waals surface area contributed by atoms with Crippen molar-refractivity contribution in [3.63, 3.8) is 0 Å². The van der Waals surface area contributed by atoms with Crippen LogP contribution in [0.1, 0.15) is 39.0 Å². The molecule has 1 aliphatic heterocycles. The molecule has 21 heavy (non-hydrogen) atoms. The maximum atomic E-state index is 12.6. The number of amidine groups is 1. The van der Waals surface area contributed by atoms with Crippen molar-refractivity contribution in [3.8, 4) is 0 Å². The summed E-state index contributed by atoms with van der Waals surface area (Å²) in [4.78, 5) is 20.3. The van der Waals surface area contributed by atoms with Crippen molar-refractivity contribution in [2.75, 3.05) is 7.05 Å². The lowest BCUT2D eigenvalue weighted by Crippen LogP contribution is -2.55. The minimum Gasteiger partial charge on any atom is -0.374 e. The average molecular weight is 311 g/mol. The molecule has 0 aromatic carbocycles. The second-order valence-corrected chi connectivity index (χ2v) is 5.97. The lowest BCUT2D eigenvalue weighted by Gasteiger charge is -2.46. The minimum absolute atomic E-state index is 0.0545. The third kappa shape index (κ3) is 3.07. The van der Waals surface area contributed by atoms with Crippen molar-refractivity contribution in [2.45, 2.75) is 51.1 Å². The smallest absolute Gasteiger partial charge is 0.249 e. The fourth-order valence-electron chi connectivity index (χ4n) is 3.29. The van der Waals surface area contributed by atoms with Crippen LogP contribution in [0.3, 0.4) is 0 Å². The molecule has 2 fully saturated rings. The number of aliphatic imine (C=N–C) groups is 1. The van der Waals surface area contributed by atoms with Gasteiger partial charge in [0.2, 0.25) is 5.91 Å². The van der Waals surface area contributed by atoms with Gasteiger partial charge >= 0.3 is 0 Å². The van der Waals surface area contributed by atoms with Crippen LogP contribution in [0, 0.1) is 0 Å². The summed E-state index contributed by atoms with van der Waals surface area (Å²) in [6.45, 7) is 6.23. The zero-order chi connectivity index (χ0) is 15.6. The monoisotopic (exact) mass is 310 g/mol. The van der Waals surface area contributed by atoms with E-state index in [1.807, 2.05) is 6.92 Å². The zero-order valence-corrected chi connectivity index (χ0v) is 13.4. The number of carbonyl (C=O) groups is 1.